The zero-order chi connectivity index (χ0) is 22.2. The zero-order valence-corrected chi connectivity index (χ0v) is 17.1. The van der Waals surface area contributed by atoms with Gasteiger partial charge in [-0.15, -0.1) is 11.3 Å². The first-order valence-electron chi connectivity index (χ1n) is 9.24. The molecule has 0 radical (unpaired) electrons. The summed E-state index contributed by atoms with van der Waals surface area (Å²) in [4.78, 5) is 30.2. The lowest BCUT2D eigenvalue weighted by molar-refractivity contribution is -0.137. The van der Waals surface area contributed by atoms with Gasteiger partial charge in [-0.3, -0.25) is 14.2 Å². The average molecular weight is 443 g/mol. The van der Waals surface area contributed by atoms with E-state index in [-0.39, 0.29) is 5.69 Å². The van der Waals surface area contributed by atoms with Crippen molar-refractivity contribution in [1.29, 1.82) is 0 Å². The van der Waals surface area contributed by atoms with E-state index >= 15 is 0 Å². The fourth-order valence-electron chi connectivity index (χ4n) is 3.21. The molecule has 2 aromatic carbocycles. The maximum absolute atomic E-state index is 13.1. The van der Waals surface area contributed by atoms with Crippen molar-refractivity contribution in [2.75, 3.05) is 5.32 Å². The Labute approximate surface area is 178 Å². The number of para-hydroxylation sites is 1. The summed E-state index contributed by atoms with van der Waals surface area (Å²) in [6.45, 7) is 1.50. The molecule has 0 spiro atoms. The van der Waals surface area contributed by atoms with Gasteiger partial charge in [0.2, 0.25) is 5.91 Å². The number of aryl methyl sites for hydroxylation is 1. The minimum atomic E-state index is -4.61. The van der Waals surface area contributed by atoms with Gasteiger partial charge >= 0.3 is 6.18 Å². The smallest absolute Gasteiger partial charge is 0.324 e. The lowest BCUT2D eigenvalue weighted by Crippen LogP contribution is -2.28. The van der Waals surface area contributed by atoms with Gasteiger partial charge < -0.3 is 5.32 Å². The van der Waals surface area contributed by atoms with Crippen molar-refractivity contribution in [2.24, 2.45) is 0 Å². The fraction of sp³-hybridized carbons (Fsp3) is 0.136. The van der Waals surface area contributed by atoms with Crippen LogP contribution in [0.1, 0.15) is 11.1 Å². The largest absolute Gasteiger partial charge is 0.418 e. The molecule has 0 bridgehead atoms. The zero-order valence-electron chi connectivity index (χ0n) is 16.2. The van der Waals surface area contributed by atoms with E-state index < -0.39 is 29.8 Å². The summed E-state index contributed by atoms with van der Waals surface area (Å²) in [5, 5.41) is 4.45. The molecule has 0 saturated carbocycles. The predicted molar refractivity (Wildman–Crippen MR) is 114 cm³/mol. The number of thiophene rings is 1. The van der Waals surface area contributed by atoms with Crippen molar-refractivity contribution in [3.05, 3.63) is 81.7 Å². The molecule has 0 aliphatic rings. The van der Waals surface area contributed by atoms with Crippen LogP contribution in [0.15, 0.2) is 65.0 Å². The van der Waals surface area contributed by atoms with E-state index in [4.69, 9.17) is 0 Å². The molecule has 4 rings (SSSR count). The third-order valence-electron chi connectivity index (χ3n) is 4.74. The Bertz CT molecular complexity index is 1320. The monoisotopic (exact) mass is 443 g/mol. The molecule has 0 unspecified atom stereocenters. The van der Waals surface area contributed by atoms with Gasteiger partial charge in [-0.2, -0.15) is 13.2 Å². The van der Waals surface area contributed by atoms with Crippen LogP contribution in [-0.4, -0.2) is 15.5 Å². The number of aromatic nitrogens is 2. The normalized spacial score (nSPS) is 11.6. The van der Waals surface area contributed by atoms with Gasteiger partial charge in [0.05, 0.1) is 23.0 Å². The molecule has 0 saturated heterocycles. The molecular weight excluding hydrogens is 427 g/mol. The summed E-state index contributed by atoms with van der Waals surface area (Å²) in [6, 6.07) is 12.3. The van der Waals surface area contributed by atoms with E-state index in [1.165, 1.54) is 35.9 Å². The molecule has 5 nitrogen and oxygen atoms in total. The lowest BCUT2D eigenvalue weighted by atomic mass is 10.1. The highest BCUT2D eigenvalue weighted by Gasteiger charge is 2.33. The summed E-state index contributed by atoms with van der Waals surface area (Å²) in [5.74, 6) is -0.757. The van der Waals surface area contributed by atoms with Gasteiger partial charge in [-0.25, -0.2) is 4.98 Å². The number of alkyl halides is 3. The average Bonchev–Trinajstić information content (AvgIpc) is 3.15. The van der Waals surface area contributed by atoms with Crippen molar-refractivity contribution in [2.45, 2.75) is 19.6 Å². The number of carbonyl (C=O) groups excluding carboxylic acids is 1. The summed E-state index contributed by atoms with van der Waals surface area (Å²) < 4.78 is 40.5. The van der Waals surface area contributed by atoms with Gasteiger partial charge in [0.25, 0.3) is 5.56 Å². The Hall–Kier alpha value is -3.46. The molecule has 158 valence electrons. The van der Waals surface area contributed by atoms with E-state index in [1.54, 1.807) is 0 Å². The van der Waals surface area contributed by atoms with Crippen LogP contribution in [0.25, 0.3) is 21.3 Å². The second-order valence-corrected chi connectivity index (χ2v) is 7.82. The molecule has 9 heteroatoms. The number of carbonyl (C=O) groups is 1. The minimum absolute atomic E-state index is 0.363. The summed E-state index contributed by atoms with van der Waals surface area (Å²) in [7, 11) is 0. The number of nitrogens with zero attached hydrogens (tertiary/aromatic N) is 2. The van der Waals surface area contributed by atoms with Crippen LogP contribution in [-0.2, 0) is 17.5 Å². The Balaban J connectivity index is 1.65. The van der Waals surface area contributed by atoms with Gasteiger partial charge in [0, 0.05) is 10.9 Å². The van der Waals surface area contributed by atoms with E-state index in [9.17, 15) is 22.8 Å². The quantitative estimate of drug-likeness (QED) is 0.478. The molecular formula is C22H16F3N3O2S. The van der Waals surface area contributed by atoms with Crippen molar-refractivity contribution < 1.29 is 18.0 Å². The maximum atomic E-state index is 13.1. The standard InChI is InChI=1S/C22H16F3N3O2S/c1-13-6-8-14(9-7-13)15-11-31-20-19(15)21(30)28(12-26-20)10-18(29)27-17-5-3-2-4-16(17)22(23,24)25/h2-9,11-12H,10H2,1H3,(H,27,29). The molecule has 1 N–H and O–H groups in total. The summed E-state index contributed by atoms with van der Waals surface area (Å²) in [5.41, 5.74) is 0.879. The molecule has 31 heavy (non-hydrogen) atoms. The van der Waals surface area contributed by atoms with Gasteiger partial charge in [-0.1, -0.05) is 42.0 Å². The van der Waals surface area contributed by atoms with Crippen LogP contribution in [0.5, 0.6) is 0 Å². The Morgan fingerprint density at radius 3 is 2.55 bits per heavy atom. The first-order valence-corrected chi connectivity index (χ1v) is 10.1. The third kappa shape index (κ3) is 4.22. The third-order valence-corrected chi connectivity index (χ3v) is 5.63. The summed E-state index contributed by atoms with van der Waals surface area (Å²) in [6.07, 6.45) is -3.38. The molecule has 0 aliphatic carbocycles. The molecule has 0 atom stereocenters. The molecule has 2 aromatic heterocycles. The number of halogens is 3. The van der Waals surface area contributed by atoms with Gasteiger partial charge in [0.1, 0.15) is 11.4 Å². The first-order chi connectivity index (χ1) is 14.7. The number of anilines is 1. The second kappa shape index (κ2) is 7.99. The van der Waals surface area contributed by atoms with Crippen molar-refractivity contribution >= 4 is 33.1 Å². The molecule has 1 amide bonds. The lowest BCUT2D eigenvalue weighted by Gasteiger charge is -2.14. The van der Waals surface area contributed by atoms with E-state index in [0.717, 1.165) is 21.8 Å². The van der Waals surface area contributed by atoms with Crippen molar-refractivity contribution in [3.63, 3.8) is 0 Å². The highest BCUT2D eigenvalue weighted by Crippen LogP contribution is 2.34. The first kappa shape index (κ1) is 20.8. The Morgan fingerprint density at radius 1 is 1.13 bits per heavy atom. The van der Waals surface area contributed by atoms with E-state index in [1.807, 2.05) is 36.6 Å². The SMILES string of the molecule is Cc1ccc(-c2csc3ncn(CC(=O)Nc4ccccc4C(F)(F)F)c(=O)c23)cc1. The topological polar surface area (TPSA) is 64.0 Å². The predicted octanol–water partition coefficient (Wildman–Crippen LogP) is 5.09. The number of benzene rings is 2. The van der Waals surface area contributed by atoms with Crippen LogP contribution in [0, 0.1) is 6.92 Å². The van der Waals surface area contributed by atoms with Crippen LogP contribution in [0.3, 0.4) is 0 Å². The minimum Gasteiger partial charge on any atom is -0.324 e. The van der Waals surface area contributed by atoms with Crippen LogP contribution in [0.4, 0.5) is 18.9 Å². The van der Waals surface area contributed by atoms with Crippen LogP contribution >= 0.6 is 11.3 Å². The number of hydrogen-bond acceptors (Lipinski definition) is 4. The number of hydrogen-bond donors (Lipinski definition) is 1. The Kier molecular flexibility index (Phi) is 5.36. The van der Waals surface area contributed by atoms with Crippen molar-refractivity contribution in [3.8, 4) is 11.1 Å². The number of rotatable bonds is 4. The fourth-order valence-corrected chi connectivity index (χ4v) is 4.12. The van der Waals surface area contributed by atoms with Gasteiger partial charge in [-0.05, 0) is 24.6 Å². The number of fused-ring (bicyclic) bond motifs is 1. The number of nitrogens with one attached hydrogen (secondary N) is 1. The van der Waals surface area contributed by atoms with Crippen molar-refractivity contribution in [1.82, 2.24) is 9.55 Å². The highest BCUT2D eigenvalue weighted by atomic mass is 32.1. The maximum Gasteiger partial charge on any atom is 0.418 e. The Morgan fingerprint density at radius 2 is 1.84 bits per heavy atom. The number of amides is 1. The molecule has 0 fully saturated rings. The van der Waals surface area contributed by atoms with E-state index in [0.29, 0.717) is 15.8 Å². The molecule has 4 aromatic rings. The molecule has 2 heterocycles. The highest BCUT2D eigenvalue weighted by molar-refractivity contribution is 7.17. The van der Waals surface area contributed by atoms with Gasteiger partial charge in [0.15, 0.2) is 0 Å². The van der Waals surface area contributed by atoms with Crippen LogP contribution in [0.2, 0.25) is 0 Å². The molecule has 0 aliphatic heterocycles. The van der Waals surface area contributed by atoms with Crippen LogP contribution < -0.4 is 10.9 Å². The summed E-state index contributed by atoms with van der Waals surface area (Å²) >= 11 is 1.31. The second-order valence-electron chi connectivity index (χ2n) is 6.96. The van der Waals surface area contributed by atoms with E-state index in [2.05, 4.69) is 10.3 Å².